The van der Waals surface area contributed by atoms with Crippen molar-refractivity contribution < 1.29 is 58.4 Å². The van der Waals surface area contributed by atoms with Gasteiger partial charge in [0.05, 0.1) is 13.2 Å². The van der Waals surface area contributed by atoms with Gasteiger partial charge >= 0.3 is 17.9 Å². The van der Waals surface area contributed by atoms with Crippen LogP contribution >= 0.6 is 0 Å². The number of carbonyl (C=O) groups excluding carboxylic acids is 4. The van der Waals surface area contributed by atoms with E-state index in [9.17, 15) is 38.7 Å². The van der Waals surface area contributed by atoms with E-state index in [1.807, 2.05) is 6.92 Å². The van der Waals surface area contributed by atoms with Gasteiger partial charge in [0.15, 0.2) is 0 Å². The van der Waals surface area contributed by atoms with Crippen molar-refractivity contribution >= 4 is 41.3 Å². The second-order valence-corrected chi connectivity index (χ2v) is 17.1. The number of ether oxygens (including phenoxy) is 2. The topological polar surface area (TPSA) is 223 Å². The zero-order valence-corrected chi connectivity index (χ0v) is 37.6. The molecule has 0 aromatic heterocycles. The molecule has 352 valence electrons. The Morgan fingerprint density at radius 1 is 0.557 bits per heavy atom. The van der Waals surface area contributed by atoms with Gasteiger partial charge < -0.3 is 35.4 Å². The van der Waals surface area contributed by atoms with Crippen molar-refractivity contribution in [1.82, 2.24) is 10.6 Å². The Labute approximate surface area is 365 Å². The summed E-state index contributed by atoms with van der Waals surface area (Å²) >= 11 is 0. The maximum atomic E-state index is 13.1. The fourth-order valence-electron chi connectivity index (χ4n) is 8.02. The molecular formula is C47H82N2O12. The quantitative estimate of drug-likeness (QED) is 0.0364. The van der Waals surface area contributed by atoms with Crippen molar-refractivity contribution in [1.29, 1.82) is 0 Å². The highest BCUT2D eigenvalue weighted by atomic mass is 16.5. The molecule has 0 bridgehead atoms. The number of rotatable bonds is 42. The van der Waals surface area contributed by atoms with Crippen molar-refractivity contribution in [2.24, 2.45) is 17.8 Å². The van der Waals surface area contributed by atoms with E-state index in [0.717, 1.165) is 51.4 Å². The van der Waals surface area contributed by atoms with Crippen molar-refractivity contribution in [2.75, 3.05) is 33.0 Å². The number of nitrogens with one attached hydrogen (secondary N) is 2. The summed E-state index contributed by atoms with van der Waals surface area (Å²) in [5.74, 6) is -4.70. The van der Waals surface area contributed by atoms with Crippen molar-refractivity contribution in [3.63, 3.8) is 0 Å². The third-order valence-electron chi connectivity index (χ3n) is 11.9. The molecule has 0 aliphatic heterocycles. The first-order valence-corrected chi connectivity index (χ1v) is 23.9. The van der Waals surface area contributed by atoms with Gasteiger partial charge in [-0.25, -0.2) is 4.79 Å². The van der Waals surface area contributed by atoms with Gasteiger partial charge in [0.25, 0.3) is 0 Å². The van der Waals surface area contributed by atoms with Crippen LogP contribution in [-0.4, -0.2) is 95.6 Å². The van der Waals surface area contributed by atoms with Gasteiger partial charge in [-0.2, -0.15) is 0 Å². The average molecular weight is 867 g/mol. The molecule has 14 heteroatoms. The third-order valence-corrected chi connectivity index (χ3v) is 11.9. The van der Waals surface area contributed by atoms with E-state index >= 15 is 0 Å². The number of carboxylic acids is 3. The van der Waals surface area contributed by atoms with Gasteiger partial charge in [0, 0.05) is 70.1 Å². The van der Waals surface area contributed by atoms with Crippen molar-refractivity contribution in [3.05, 3.63) is 0 Å². The minimum absolute atomic E-state index is 0.0280. The maximum Gasteiger partial charge on any atom is 0.326 e. The van der Waals surface area contributed by atoms with E-state index in [4.69, 9.17) is 19.7 Å². The van der Waals surface area contributed by atoms with Crippen LogP contribution in [0.5, 0.6) is 0 Å². The molecule has 5 N–H and O–H groups in total. The van der Waals surface area contributed by atoms with E-state index in [2.05, 4.69) is 10.6 Å². The number of carboxylic acid groups (broad SMARTS) is 3. The Morgan fingerprint density at radius 3 is 1.61 bits per heavy atom. The molecule has 2 unspecified atom stereocenters. The molecule has 1 aliphatic carbocycles. The standard InChI is InChI=1S/C47H82N2O12/c1-2-60-34-35-61-33-19-32-48-45(56)39(27-31-44(54)55)36-41(51)29-30-42(47(58)59)49-46(57)38-25-22-37(23-26-38)24-28-40(50)20-17-15-13-11-9-7-5-3-4-6-8-10-12-14-16-18-21-43(52)53/h37-39,42H,2-36H2,1H3,(H,48,56)(H,49,57)(H,52,53)(H,54,55)(H,58,59). The van der Waals surface area contributed by atoms with Gasteiger partial charge in [-0.05, 0) is 77.0 Å². The number of Topliss-reactive ketones (excluding diaryl/α,β-unsaturated/α-hetero) is 2. The Bertz CT molecular complexity index is 1240. The molecule has 2 atom stereocenters. The summed E-state index contributed by atoms with van der Waals surface area (Å²) < 4.78 is 10.6. The first kappa shape index (κ1) is 55.6. The van der Waals surface area contributed by atoms with Crippen LogP contribution in [0.25, 0.3) is 0 Å². The van der Waals surface area contributed by atoms with E-state index in [1.165, 1.54) is 70.6 Å². The molecule has 0 aromatic rings. The molecule has 0 spiro atoms. The smallest absolute Gasteiger partial charge is 0.326 e. The van der Waals surface area contributed by atoms with Crippen LogP contribution in [0.2, 0.25) is 0 Å². The highest BCUT2D eigenvalue weighted by Crippen LogP contribution is 2.32. The Hall–Kier alpha value is -3.39. The molecule has 1 fully saturated rings. The fraction of sp³-hybridized carbons (Fsp3) is 0.851. The zero-order valence-electron chi connectivity index (χ0n) is 37.6. The highest BCUT2D eigenvalue weighted by Gasteiger charge is 2.30. The van der Waals surface area contributed by atoms with Crippen molar-refractivity contribution in [3.8, 4) is 0 Å². The van der Waals surface area contributed by atoms with Gasteiger partial charge in [0.1, 0.15) is 17.6 Å². The number of hydrogen-bond acceptors (Lipinski definition) is 9. The number of ketones is 2. The second kappa shape index (κ2) is 37.2. The molecule has 1 saturated carbocycles. The maximum absolute atomic E-state index is 13.1. The lowest BCUT2D eigenvalue weighted by Crippen LogP contribution is -2.44. The van der Waals surface area contributed by atoms with Crippen LogP contribution in [-0.2, 0) is 43.0 Å². The van der Waals surface area contributed by atoms with Crippen LogP contribution in [0, 0.1) is 17.8 Å². The molecule has 0 heterocycles. The lowest BCUT2D eigenvalue weighted by atomic mass is 9.79. The second-order valence-electron chi connectivity index (χ2n) is 17.1. The predicted octanol–water partition coefficient (Wildman–Crippen LogP) is 8.60. The largest absolute Gasteiger partial charge is 0.481 e. The van der Waals surface area contributed by atoms with Crippen LogP contribution in [0.1, 0.15) is 200 Å². The molecule has 0 saturated heterocycles. The van der Waals surface area contributed by atoms with Gasteiger partial charge in [-0.3, -0.25) is 28.8 Å². The molecular weight excluding hydrogens is 785 g/mol. The molecule has 0 aromatic carbocycles. The normalized spacial score (nSPS) is 16.1. The van der Waals surface area contributed by atoms with Crippen LogP contribution < -0.4 is 10.6 Å². The summed E-state index contributed by atoms with van der Waals surface area (Å²) in [5, 5.41) is 33.0. The Morgan fingerprint density at radius 2 is 1.08 bits per heavy atom. The summed E-state index contributed by atoms with van der Waals surface area (Å²) in [5.41, 5.74) is 0. The Kier molecular flexibility index (Phi) is 33.9. The van der Waals surface area contributed by atoms with Gasteiger partial charge in [0.2, 0.25) is 11.8 Å². The predicted molar refractivity (Wildman–Crippen MR) is 234 cm³/mol. The summed E-state index contributed by atoms with van der Waals surface area (Å²) in [6, 6.07) is -1.26. The average Bonchev–Trinajstić information content (AvgIpc) is 3.23. The molecule has 1 aliphatic rings. The summed E-state index contributed by atoms with van der Waals surface area (Å²) in [6.07, 6.45) is 23.7. The number of unbranched alkanes of at least 4 members (excludes halogenated alkanes) is 15. The molecule has 2 amide bonds. The Balaban J connectivity index is 2.20. The zero-order chi connectivity index (χ0) is 44.9. The minimum atomic E-state index is -1.26. The summed E-state index contributed by atoms with van der Waals surface area (Å²) in [7, 11) is 0. The highest BCUT2D eigenvalue weighted by molar-refractivity contribution is 5.88. The summed E-state index contributed by atoms with van der Waals surface area (Å²) in [6.45, 7) is 4.11. The number of hydrogen-bond donors (Lipinski definition) is 5. The van der Waals surface area contributed by atoms with Crippen LogP contribution in [0.3, 0.4) is 0 Å². The lowest BCUT2D eigenvalue weighted by molar-refractivity contribution is -0.143. The fourth-order valence-corrected chi connectivity index (χ4v) is 8.02. The van der Waals surface area contributed by atoms with E-state index in [0.29, 0.717) is 83.2 Å². The molecule has 0 radical (unpaired) electrons. The first-order valence-electron chi connectivity index (χ1n) is 23.9. The van der Waals surface area contributed by atoms with Crippen molar-refractivity contribution in [2.45, 2.75) is 206 Å². The molecule has 1 rings (SSSR count). The van der Waals surface area contributed by atoms with E-state index in [-0.39, 0.29) is 49.7 Å². The molecule has 14 nitrogen and oxygen atoms in total. The van der Waals surface area contributed by atoms with Crippen LogP contribution in [0.4, 0.5) is 0 Å². The van der Waals surface area contributed by atoms with Gasteiger partial charge in [-0.15, -0.1) is 0 Å². The van der Waals surface area contributed by atoms with E-state index in [1.54, 1.807) is 0 Å². The lowest BCUT2D eigenvalue weighted by Gasteiger charge is -2.28. The summed E-state index contributed by atoms with van der Waals surface area (Å²) in [4.78, 5) is 85.0. The first-order chi connectivity index (χ1) is 29.4. The number of aliphatic carboxylic acids is 3. The monoisotopic (exact) mass is 867 g/mol. The third kappa shape index (κ3) is 32.0. The van der Waals surface area contributed by atoms with Gasteiger partial charge in [-0.1, -0.05) is 89.9 Å². The SMILES string of the molecule is CCOCCOCCCNC(=O)C(CCC(=O)O)CC(=O)CCC(NC(=O)C1CCC(CCC(=O)CCCCCCCCCCCCCCCCCCC(=O)O)CC1)C(=O)O. The number of carbonyl (C=O) groups is 7. The number of amides is 2. The minimum Gasteiger partial charge on any atom is -0.481 e. The van der Waals surface area contributed by atoms with Crippen LogP contribution in [0.15, 0.2) is 0 Å². The van der Waals surface area contributed by atoms with E-state index < -0.39 is 35.8 Å². The molecule has 61 heavy (non-hydrogen) atoms.